The topological polar surface area (TPSA) is 50.2 Å². The molecule has 0 unspecified atom stereocenters. The molecule has 5 heteroatoms. The van der Waals surface area contributed by atoms with Gasteiger partial charge in [-0.15, -0.1) is 0 Å². The SMILES string of the molecule is O=C(O)c1cccnc1-c1cccc(Cl)c1Cl. The molecule has 2 rings (SSSR count). The van der Waals surface area contributed by atoms with Gasteiger partial charge in [0.25, 0.3) is 0 Å². The third-order valence-corrected chi connectivity index (χ3v) is 3.06. The maximum absolute atomic E-state index is 11.1. The van der Waals surface area contributed by atoms with Crippen LogP contribution >= 0.6 is 23.2 Å². The Morgan fingerprint density at radius 2 is 1.94 bits per heavy atom. The Bertz CT molecular complexity index is 584. The van der Waals surface area contributed by atoms with Crippen LogP contribution in [0.1, 0.15) is 10.4 Å². The van der Waals surface area contributed by atoms with Crippen LogP contribution in [-0.4, -0.2) is 16.1 Å². The number of aromatic carboxylic acids is 1. The van der Waals surface area contributed by atoms with Crippen LogP contribution in [0.4, 0.5) is 0 Å². The van der Waals surface area contributed by atoms with Crippen molar-refractivity contribution in [1.29, 1.82) is 0 Å². The zero-order valence-corrected chi connectivity index (χ0v) is 10.0. The van der Waals surface area contributed by atoms with Gasteiger partial charge in [-0.2, -0.15) is 0 Å². The molecule has 1 aromatic carbocycles. The van der Waals surface area contributed by atoms with E-state index in [1.165, 1.54) is 12.3 Å². The fraction of sp³-hybridized carbons (Fsp3) is 0. The number of aromatic nitrogens is 1. The van der Waals surface area contributed by atoms with E-state index in [9.17, 15) is 4.79 Å². The Morgan fingerprint density at radius 3 is 2.65 bits per heavy atom. The molecule has 0 aliphatic carbocycles. The van der Waals surface area contributed by atoms with Gasteiger partial charge in [-0.1, -0.05) is 35.3 Å². The van der Waals surface area contributed by atoms with Crippen molar-refractivity contribution in [1.82, 2.24) is 4.98 Å². The van der Waals surface area contributed by atoms with Crippen molar-refractivity contribution in [3.8, 4) is 11.3 Å². The molecule has 3 nitrogen and oxygen atoms in total. The van der Waals surface area contributed by atoms with Crippen LogP contribution in [0.15, 0.2) is 36.5 Å². The number of carboxylic acids is 1. The van der Waals surface area contributed by atoms with Crippen LogP contribution in [0, 0.1) is 0 Å². The van der Waals surface area contributed by atoms with Gasteiger partial charge in [0, 0.05) is 11.8 Å². The normalized spacial score (nSPS) is 10.2. The summed E-state index contributed by atoms with van der Waals surface area (Å²) in [4.78, 5) is 15.1. The molecule has 17 heavy (non-hydrogen) atoms. The molecule has 0 bridgehead atoms. The molecule has 0 radical (unpaired) electrons. The summed E-state index contributed by atoms with van der Waals surface area (Å²) in [6, 6.07) is 8.05. The Labute approximate surface area is 108 Å². The smallest absolute Gasteiger partial charge is 0.337 e. The van der Waals surface area contributed by atoms with E-state index in [1.54, 1.807) is 24.3 Å². The lowest BCUT2D eigenvalue weighted by atomic mass is 10.1. The van der Waals surface area contributed by atoms with Gasteiger partial charge in [0.1, 0.15) is 0 Å². The molecule has 2 aromatic rings. The largest absolute Gasteiger partial charge is 0.478 e. The highest BCUT2D eigenvalue weighted by atomic mass is 35.5. The third-order valence-electron chi connectivity index (χ3n) is 2.24. The fourth-order valence-electron chi connectivity index (χ4n) is 1.48. The summed E-state index contributed by atoms with van der Waals surface area (Å²) in [7, 11) is 0. The Balaban J connectivity index is 2.69. The second kappa shape index (κ2) is 4.73. The Kier molecular flexibility index (Phi) is 3.31. The number of hydrogen-bond donors (Lipinski definition) is 1. The third kappa shape index (κ3) is 2.25. The average molecular weight is 268 g/mol. The van der Waals surface area contributed by atoms with Crippen LogP contribution in [0.3, 0.4) is 0 Å². The maximum Gasteiger partial charge on any atom is 0.337 e. The van der Waals surface area contributed by atoms with Crippen molar-refractivity contribution in [3.05, 3.63) is 52.1 Å². The Morgan fingerprint density at radius 1 is 1.18 bits per heavy atom. The molecule has 0 amide bonds. The van der Waals surface area contributed by atoms with E-state index in [2.05, 4.69) is 4.98 Å². The number of carbonyl (C=O) groups is 1. The van der Waals surface area contributed by atoms with Crippen LogP contribution in [-0.2, 0) is 0 Å². The van der Waals surface area contributed by atoms with Crippen molar-refractivity contribution in [3.63, 3.8) is 0 Å². The number of benzene rings is 1. The molecule has 1 N–H and O–H groups in total. The van der Waals surface area contributed by atoms with Gasteiger partial charge in [0.05, 0.1) is 21.3 Å². The number of rotatable bonds is 2. The average Bonchev–Trinajstić information content (AvgIpc) is 2.33. The highest BCUT2D eigenvalue weighted by Crippen LogP contribution is 2.33. The van der Waals surface area contributed by atoms with Crippen LogP contribution in [0.25, 0.3) is 11.3 Å². The maximum atomic E-state index is 11.1. The first-order chi connectivity index (χ1) is 8.11. The molecule has 86 valence electrons. The Hall–Kier alpha value is -1.58. The predicted octanol–water partition coefficient (Wildman–Crippen LogP) is 3.75. The minimum absolute atomic E-state index is 0.0941. The van der Waals surface area contributed by atoms with Gasteiger partial charge in [-0.3, -0.25) is 4.98 Å². The first kappa shape index (κ1) is 11.9. The van der Waals surface area contributed by atoms with Crippen LogP contribution in [0.5, 0.6) is 0 Å². The molecule has 0 fully saturated rings. The first-order valence-corrected chi connectivity index (χ1v) is 5.49. The highest BCUT2D eigenvalue weighted by molar-refractivity contribution is 6.43. The summed E-state index contributed by atoms with van der Waals surface area (Å²) in [5.74, 6) is -1.05. The summed E-state index contributed by atoms with van der Waals surface area (Å²) in [6.45, 7) is 0. The van der Waals surface area contributed by atoms with E-state index in [0.29, 0.717) is 21.3 Å². The van der Waals surface area contributed by atoms with Gasteiger partial charge in [0.15, 0.2) is 0 Å². The molecular weight excluding hydrogens is 261 g/mol. The van der Waals surface area contributed by atoms with Crippen molar-refractivity contribution in [2.45, 2.75) is 0 Å². The first-order valence-electron chi connectivity index (χ1n) is 4.74. The van der Waals surface area contributed by atoms with E-state index in [0.717, 1.165) is 0 Å². The quantitative estimate of drug-likeness (QED) is 0.902. The summed E-state index contributed by atoms with van der Waals surface area (Å²) < 4.78 is 0. The molecular formula is C12H7Cl2NO2. The van der Waals surface area contributed by atoms with Crippen molar-refractivity contribution in [2.75, 3.05) is 0 Å². The van der Waals surface area contributed by atoms with Crippen molar-refractivity contribution < 1.29 is 9.90 Å². The number of hydrogen-bond acceptors (Lipinski definition) is 2. The molecule has 0 aliphatic rings. The lowest BCUT2D eigenvalue weighted by Crippen LogP contribution is -2.01. The molecule has 0 spiro atoms. The van der Waals surface area contributed by atoms with Crippen molar-refractivity contribution >= 4 is 29.2 Å². The highest BCUT2D eigenvalue weighted by Gasteiger charge is 2.15. The van der Waals surface area contributed by atoms with Gasteiger partial charge in [-0.05, 0) is 18.2 Å². The van der Waals surface area contributed by atoms with E-state index in [1.807, 2.05) is 0 Å². The summed E-state index contributed by atoms with van der Waals surface area (Å²) in [5.41, 5.74) is 0.918. The van der Waals surface area contributed by atoms with E-state index in [-0.39, 0.29) is 5.56 Å². The molecule has 0 aliphatic heterocycles. The van der Waals surface area contributed by atoms with E-state index < -0.39 is 5.97 Å². The van der Waals surface area contributed by atoms with Gasteiger partial charge in [0.2, 0.25) is 0 Å². The predicted molar refractivity (Wildman–Crippen MR) is 66.7 cm³/mol. The van der Waals surface area contributed by atoms with Crippen LogP contribution < -0.4 is 0 Å². The number of nitrogens with zero attached hydrogens (tertiary/aromatic N) is 1. The minimum Gasteiger partial charge on any atom is -0.478 e. The molecule has 0 atom stereocenters. The van der Waals surface area contributed by atoms with Gasteiger partial charge >= 0.3 is 5.97 Å². The summed E-state index contributed by atoms with van der Waals surface area (Å²) in [6.07, 6.45) is 1.51. The standard InChI is InChI=1S/C12H7Cl2NO2/c13-9-5-1-3-7(10(9)14)11-8(12(16)17)4-2-6-15-11/h1-6H,(H,16,17). The number of pyridine rings is 1. The zero-order valence-electron chi connectivity index (χ0n) is 8.52. The van der Waals surface area contributed by atoms with E-state index in [4.69, 9.17) is 28.3 Å². The van der Waals surface area contributed by atoms with Gasteiger partial charge < -0.3 is 5.11 Å². The van der Waals surface area contributed by atoms with E-state index >= 15 is 0 Å². The van der Waals surface area contributed by atoms with Crippen molar-refractivity contribution in [2.24, 2.45) is 0 Å². The fourth-order valence-corrected chi connectivity index (χ4v) is 1.87. The monoisotopic (exact) mass is 267 g/mol. The minimum atomic E-state index is -1.05. The summed E-state index contributed by atoms with van der Waals surface area (Å²) >= 11 is 11.9. The second-order valence-corrected chi connectivity index (χ2v) is 4.09. The molecule has 0 saturated carbocycles. The molecule has 1 aromatic heterocycles. The summed E-state index contributed by atoms with van der Waals surface area (Å²) in [5, 5.41) is 9.74. The molecule has 0 saturated heterocycles. The lowest BCUT2D eigenvalue weighted by molar-refractivity contribution is 0.0697. The number of halogens is 2. The molecule has 1 heterocycles. The lowest BCUT2D eigenvalue weighted by Gasteiger charge is -2.07. The number of carboxylic acid groups (broad SMARTS) is 1. The zero-order chi connectivity index (χ0) is 12.4. The van der Waals surface area contributed by atoms with Crippen LogP contribution in [0.2, 0.25) is 10.0 Å². The second-order valence-electron chi connectivity index (χ2n) is 3.31. The van der Waals surface area contributed by atoms with Gasteiger partial charge in [-0.25, -0.2) is 4.79 Å².